The second-order valence-corrected chi connectivity index (χ2v) is 5.82. The van der Waals surface area contributed by atoms with Crippen molar-refractivity contribution in [2.75, 3.05) is 54.0 Å². The number of aromatic amines is 1. The van der Waals surface area contributed by atoms with Crippen LogP contribution in [0.25, 0.3) is 0 Å². The first-order chi connectivity index (χ1) is 12.7. The number of nitrogens with zero attached hydrogens (tertiary/aromatic N) is 3. The van der Waals surface area contributed by atoms with Crippen LogP contribution in [-0.2, 0) is 0 Å². The second kappa shape index (κ2) is 11.6. The van der Waals surface area contributed by atoms with Gasteiger partial charge in [0.15, 0.2) is 0 Å². The van der Waals surface area contributed by atoms with Crippen LogP contribution in [0.1, 0.15) is 0 Å². The van der Waals surface area contributed by atoms with Gasteiger partial charge < -0.3 is 19.7 Å². The molecule has 1 N–H and O–H groups in total. The number of hydrogen-bond acceptors (Lipinski definition) is 3. The molecular formula is C22H32N4. The molecule has 0 spiro atoms. The van der Waals surface area contributed by atoms with Gasteiger partial charge in [-0.2, -0.15) is 0 Å². The molecule has 0 atom stereocenters. The SMILES string of the molecule is C=CCN(CC=C)c1c[nH]c(N(CC=C)CC=C)c1N(CC=C)CC=C. The van der Waals surface area contributed by atoms with Gasteiger partial charge >= 0.3 is 0 Å². The lowest BCUT2D eigenvalue weighted by Gasteiger charge is -2.31. The summed E-state index contributed by atoms with van der Waals surface area (Å²) in [5.74, 6) is 1.03. The molecule has 0 unspecified atom stereocenters. The van der Waals surface area contributed by atoms with Gasteiger partial charge in [-0.25, -0.2) is 0 Å². The highest BCUT2D eigenvalue weighted by Crippen LogP contribution is 2.39. The summed E-state index contributed by atoms with van der Waals surface area (Å²) < 4.78 is 0. The molecule has 1 rings (SSSR count). The normalized spacial score (nSPS) is 9.85. The smallest absolute Gasteiger partial charge is 0.132 e. The summed E-state index contributed by atoms with van der Waals surface area (Å²) in [6.45, 7) is 27.7. The van der Waals surface area contributed by atoms with E-state index in [2.05, 4.69) is 59.2 Å². The molecule has 0 amide bonds. The topological polar surface area (TPSA) is 25.5 Å². The molecule has 1 aromatic heterocycles. The van der Waals surface area contributed by atoms with Crippen molar-refractivity contribution in [3.05, 3.63) is 82.1 Å². The Bertz CT molecular complexity index is 555. The number of aromatic nitrogens is 1. The Morgan fingerprint density at radius 3 is 1.42 bits per heavy atom. The van der Waals surface area contributed by atoms with Crippen molar-refractivity contribution in [2.45, 2.75) is 0 Å². The monoisotopic (exact) mass is 352 g/mol. The van der Waals surface area contributed by atoms with E-state index in [9.17, 15) is 0 Å². The summed E-state index contributed by atoms with van der Waals surface area (Å²) in [4.78, 5) is 10.1. The van der Waals surface area contributed by atoms with Crippen molar-refractivity contribution in [1.29, 1.82) is 0 Å². The van der Waals surface area contributed by atoms with E-state index in [0.717, 1.165) is 56.5 Å². The molecule has 26 heavy (non-hydrogen) atoms. The minimum absolute atomic E-state index is 0.718. The van der Waals surface area contributed by atoms with Crippen LogP contribution in [0, 0.1) is 0 Å². The molecule has 0 saturated heterocycles. The van der Waals surface area contributed by atoms with E-state index >= 15 is 0 Å². The van der Waals surface area contributed by atoms with Gasteiger partial charge in [0, 0.05) is 45.5 Å². The van der Waals surface area contributed by atoms with E-state index in [1.165, 1.54) is 0 Å². The van der Waals surface area contributed by atoms with Gasteiger partial charge in [0.2, 0.25) is 0 Å². The number of nitrogens with one attached hydrogen (secondary N) is 1. The molecule has 0 aromatic carbocycles. The molecule has 1 heterocycles. The van der Waals surface area contributed by atoms with Crippen molar-refractivity contribution in [3.63, 3.8) is 0 Å². The maximum atomic E-state index is 3.91. The molecule has 0 saturated carbocycles. The highest BCUT2D eigenvalue weighted by atomic mass is 15.3. The molecule has 0 aliphatic carbocycles. The number of rotatable bonds is 15. The highest BCUT2D eigenvalue weighted by Gasteiger charge is 2.23. The van der Waals surface area contributed by atoms with Crippen molar-refractivity contribution >= 4 is 17.2 Å². The summed E-state index contributed by atoms with van der Waals surface area (Å²) >= 11 is 0. The molecule has 0 radical (unpaired) electrons. The van der Waals surface area contributed by atoms with E-state index in [1.807, 2.05) is 42.7 Å². The summed E-state index contributed by atoms with van der Waals surface area (Å²) in [6, 6.07) is 0. The second-order valence-electron chi connectivity index (χ2n) is 5.82. The van der Waals surface area contributed by atoms with Crippen molar-refractivity contribution in [1.82, 2.24) is 4.98 Å². The lowest BCUT2D eigenvalue weighted by molar-refractivity contribution is 0.896. The molecule has 0 aliphatic rings. The van der Waals surface area contributed by atoms with E-state index in [0.29, 0.717) is 0 Å². The van der Waals surface area contributed by atoms with Crippen molar-refractivity contribution < 1.29 is 0 Å². The van der Waals surface area contributed by atoms with Crippen LogP contribution in [0.4, 0.5) is 17.2 Å². The Balaban J connectivity index is 3.52. The summed E-state index contributed by atoms with van der Waals surface area (Å²) in [5, 5.41) is 0. The van der Waals surface area contributed by atoms with E-state index in [-0.39, 0.29) is 0 Å². The van der Waals surface area contributed by atoms with E-state index in [1.54, 1.807) is 0 Å². The fraction of sp³-hybridized carbons (Fsp3) is 0.273. The Labute approximate surface area is 158 Å². The Hall–Kier alpha value is -2.88. The van der Waals surface area contributed by atoms with Gasteiger partial charge in [0.05, 0.1) is 5.69 Å². The maximum Gasteiger partial charge on any atom is 0.132 e. The largest absolute Gasteiger partial charge is 0.361 e. The highest BCUT2D eigenvalue weighted by molar-refractivity contribution is 5.84. The summed E-state index contributed by atoms with van der Waals surface area (Å²) in [6.07, 6.45) is 13.4. The molecule has 4 heteroatoms. The lowest BCUT2D eigenvalue weighted by Crippen LogP contribution is -2.31. The molecule has 1 aromatic rings. The zero-order valence-electron chi connectivity index (χ0n) is 15.9. The fourth-order valence-electron chi connectivity index (χ4n) is 2.91. The summed E-state index contributed by atoms with van der Waals surface area (Å²) in [5.41, 5.74) is 2.21. The fourth-order valence-corrected chi connectivity index (χ4v) is 2.91. The van der Waals surface area contributed by atoms with Crippen LogP contribution in [0.5, 0.6) is 0 Å². The predicted molar refractivity (Wildman–Crippen MR) is 119 cm³/mol. The van der Waals surface area contributed by atoms with Gasteiger partial charge in [0.1, 0.15) is 11.5 Å². The average molecular weight is 353 g/mol. The summed E-state index contributed by atoms with van der Waals surface area (Å²) in [7, 11) is 0. The van der Waals surface area contributed by atoms with E-state index < -0.39 is 0 Å². The van der Waals surface area contributed by atoms with Gasteiger partial charge in [-0.1, -0.05) is 36.5 Å². The van der Waals surface area contributed by atoms with Crippen molar-refractivity contribution in [3.8, 4) is 0 Å². The first kappa shape index (κ1) is 21.2. The maximum absolute atomic E-state index is 3.91. The zero-order chi connectivity index (χ0) is 19.4. The predicted octanol–water partition coefficient (Wildman–Crippen LogP) is 4.55. The van der Waals surface area contributed by atoms with Gasteiger partial charge in [-0.15, -0.1) is 39.5 Å². The molecule has 140 valence electrons. The molecule has 0 bridgehead atoms. The molecule has 4 nitrogen and oxygen atoms in total. The first-order valence-electron chi connectivity index (χ1n) is 8.79. The third kappa shape index (κ3) is 5.31. The standard InChI is InChI=1S/C22H32N4/c1-7-13-24(14-8-2)20-19-23-22(26(17-11-5)18-12-6)21(20)25(15-9-3)16-10-4/h7-12,19,23H,1-6,13-18H2. The molecule has 0 aliphatic heterocycles. The van der Waals surface area contributed by atoms with Crippen LogP contribution >= 0.6 is 0 Å². The van der Waals surface area contributed by atoms with Crippen LogP contribution in [0.3, 0.4) is 0 Å². The third-order valence-corrected chi connectivity index (χ3v) is 3.88. The molecule has 0 fully saturated rings. The number of H-pyrrole nitrogens is 1. The Kier molecular flexibility index (Phi) is 9.47. The quantitative estimate of drug-likeness (QED) is 0.469. The lowest BCUT2D eigenvalue weighted by atomic mass is 10.2. The number of anilines is 3. The minimum atomic E-state index is 0.718. The zero-order valence-corrected chi connectivity index (χ0v) is 15.9. The van der Waals surface area contributed by atoms with Crippen molar-refractivity contribution in [2.24, 2.45) is 0 Å². The Morgan fingerprint density at radius 2 is 1.00 bits per heavy atom. The van der Waals surface area contributed by atoms with E-state index in [4.69, 9.17) is 0 Å². The number of hydrogen-bond donors (Lipinski definition) is 1. The van der Waals surface area contributed by atoms with Gasteiger partial charge in [-0.3, -0.25) is 0 Å². The first-order valence-corrected chi connectivity index (χ1v) is 8.79. The Morgan fingerprint density at radius 1 is 0.615 bits per heavy atom. The minimum Gasteiger partial charge on any atom is -0.361 e. The van der Waals surface area contributed by atoms with Crippen LogP contribution in [-0.4, -0.2) is 44.3 Å². The van der Waals surface area contributed by atoms with Crippen LogP contribution < -0.4 is 14.7 Å². The molecular weight excluding hydrogens is 320 g/mol. The average Bonchev–Trinajstić information content (AvgIpc) is 3.06. The van der Waals surface area contributed by atoms with Gasteiger partial charge in [-0.05, 0) is 0 Å². The van der Waals surface area contributed by atoms with Crippen LogP contribution in [0.15, 0.2) is 82.1 Å². The van der Waals surface area contributed by atoms with Gasteiger partial charge in [0.25, 0.3) is 0 Å². The third-order valence-electron chi connectivity index (χ3n) is 3.88. The van der Waals surface area contributed by atoms with Crippen LogP contribution in [0.2, 0.25) is 0 Å².